The summed E-state index contributed by atoms with van der Waals surface area (Å²) >= 11 is 0. The van der Waals surface area contributed by atoms with Gasteiger partial charge in [0.05, 0.1) is 0 Å². The van der Waals surface area contributed by atoms with Crippen LogP contribution in [-0.4, -0.2) is 27.2 Å². The van der Waals surface area contributed by atoms with E-state index in [4.69, 9.17) is 0 Å². The molecule has 0 amide bonds. The van der Waals surface area contributed by atoms with Crippen molar-refractivity contribution in [1.29, 1.82) is 0 Å². The van der Waals surface area contributed by atoms with Gasteiger partial charge in [0.2, 0.25) is 0 Å². The quantitative estimate of drug-likeness (QED) is 0.660. The van der Waals surface area contributed by atoms with Crippen LogP contribution < -0.4 is 10.6 Å². The van der Waals surface area contributed by atoms with Crippen molar-refractivity contribution < 1.29 is 0 Å². The van der Waals surface area contributed by atoms with Gasteiger partial charge in [0.1, 0.15) is 0 Å². The van der Waals surface area contributed by atoms with Crippen LogP contribution >= 0.6 is 0 Å². The lowest BCUT2D eigenvalue weighted by molar-refractivity contribution is 0.454. The lowest BCUT2D eigenvalue weighted by Gasteiger charge is -2.27. The van der Waals surface area contributed by atoms with Crippen LogP contribution in [0.3, 0.4) is 0 Å². The van der Waals surface area contributed by atoms with Gasteiger partial charge in [0.25, 0.3) is 0 Å². The van der Waals surface area contributed by atoms with Crippen LogP contribution in [0.5, 0.6) is 0 Å². The second-order valence-electron chi connectivity index (χ2n) is 7.61. The molecular formula is C20H38N2. The van der Waals surface area contributed by atoms with Crippen LogP contribution in [0.15, 0.2) is 22.3 Å². The first-order valence-corrected chi connectivity index (χ1v) is 9.12. The van der Waals surface area contributed by atoms with E-state index < -0.39 is 0 Å². The predicted octanol–water partition coefficient (Wildman–Crippen LogP) is 4.40. The Morgan fingerprint density at radius 1 is 0.818 bits per heavy atom. The van der Waals surface area contributed by atoms with Crippen molar-refractivity contribution in [2.24, 2.45) is 23.7 Å². The topological polar surface area (TPSA) is 24.1 Å². The molecule has 0 radical (unpaired) electrons. The molecule has 0 heterocycles. The van der Waals surface area contributed by atoms with Gasteiger partial charge >= 0.3 is 0 Å². The highest BCUT2D eigenvalue weighted by atomic mass is 14.8. The van der Waals surface area contributed by atoms with Crippen molar-refractivity contribution in [2.75, 3.05) is 27.2 Å². The van der Waals surface area contributed by atoms with Crippen LogP contribution in [0.1, 0.15) is 54.4 Å². The van der Waals surface area contributed by atoms with Crippen LogP contribution in [0.2, 0.25) is 0 Å². The molecule has 0 bridgehead atoms. The van der Waals surface area contributed by atoms with E-state index in [0.29, 0.717) is 23.7 Å². The summed E-state index contributed by atoms with van der Waals surface area (Å²) in [6.45, 7) is 16.4. The highest BCUT2D eigenvalue weighted by Crippen LogP contribution is 2.49. The van der Waals surface area contributed by atoms with Crippen LogP contribution in [0.4, 0.5) is 0 Å². The summed E-state index contributed by atoms with van der Waals surface area (Å²) in [7, 11) is 4.12. The molecule has 22 heavy (non-hydrogen) atoms. The van der Waals surface area contributed by atoms with Crippen molar-refractivity contribution in [2.45, 2.75) is 54.4 Å². The van der Waals surface area contributed by atoms with Gasteiger partial charge in [-0.15, -0.1) is 0 Å². The van der Waals surface area contributed by atoms with E-state index in [1.165, 1.54) is 12.8 Å². The van der Waals surface area contributed by atoms with Gasteiger partial charge in [-0.1, -0.05) is 52.7 Å². The van der Waals surface area contributed by atoms with Gasteiger partial charge in [0, 0.05) is 5.92 Å². The van der Waals surface area contributed by atoms with E-state index in [-0.39, 0.29) is 0 Å². The Labute approximate surface area is 138 Å². The molecule has 2 heteroatoms. The Morgan fingerprint density at radius 3 is 1.77 bits per heavy atom. The van der Waals surface area contributed by atoms with Gasteiger partial charge in [-0.2, -0.15) is 0 Å². The largest absolute Gasteiger partial charge is 0.319 e. The SMILES string of the molecule is CNCCC1=C(CCNC)C(C(C)C)C(C(C)C)=C1C(C)C. The van der Waals surface area contributed by atoms with E-state index >= 15 is 0 Å². The van der Waals surface area contributed by atoms with Gasteiger partial charge in [-0.05, 0) is 68.9 Å². The van der Waals surface area contributed by atoms with Gasteiger partial charge < -0.3 is 10.6 Å². The molecule has 0 spiro atoms. The van der Waals surface area contributed by atoms with Crippen molar-refractivity contribution in [1.82, 2.24) is 10.6 Å². The van der Waals surface area contributed by atoms with Crippen molar-refractivity contribution in [3.8, 4) is 0 Å². The lowest BCUT2D eigenvalue weighted by Crippen LogP contribution is -2.19. The van der Waals surface area contributed by atoms with Crippen LogP contribution in [-0.2, 0) is 0 Å². The molecule has 1 unspecified atom stereocenters. The first kappa shape index (κ1) is 19.4. The van der Waals surface area contributed by atoms with Crippen molar-refractivity contribution in [3.05, 3.63) is 22.3 Å². The first-order valence-electron chi connectivity index (χ1n) is 9.12. The maximum atomic E-state index is 3.35. The number of rotatable bonds is 9. The van der Waals surface area contributed by atoms with Gasteiger partial charge in [0.15, 0.2) is 0 Å². The van der Waals surface area contributed by atoms with Crippen molar-refractivity contribution in [3.63, 3.8) is 0 Å². The summed E-state index contributed by atoms with van der Waals surface area (Å²) in [5.41, 5.74) is 6.78. The molecule has 0 aromatic carbocycles. The standard InChI is InChI=1S/C20H38N2/c1-13(2)18-16(9-11-21-7)17(10-12-22-8)19(14(3)4)20(18)15(5)6/h13-15,18,21-22H,9-12H2,1-8H3. The Hall–Kier alpha value is -0.600. The normalized spacial score (nSPS) is 19.5. The van der Waals surface area contributed by atoms with Gasteiger partial charge in [-0.3, -0.25) is 0 Å². The maximum Gasteiger partial charge on any atom is 0.00450 e. The maximum absolute atomic E-state index is 3.35. The second kappa shape index (κ2) is 8.88. The predicted molar refractivity (Wildman–Crippen MR) is 99.1 cm³/mol. The third-order valence-corrected chi connectivity index (χ3v) is 4.87. The Kier molecular flexibility index (Phi) is 7.85. The summed E-state index contributed by atoms with van der Waals surface area (Å²) < 4.78 is 0. The monoisotopic (exact) mass is 306 g/mol. The zero-order valence-corrected chi connectivity index (χ0v) is 16.1. The third kappa shape index (κ3) is 4.23. The molecule has 0 aromatic rings. The molecule has 0 aromatic heterocycles. The summed E-state index contributed by atoms with van der Waals surface area (Å²) in [5, 5.41) is 6.70. The molecule has 128 valence electrons. The smallest absolute Gasteiger partial charge is 0.00450 e. The van der Waals surface area contributed by atoms with E-state index in [2.05, 4.69) is 66.3 Å². The van der Waals surface area contributed by atoms with Gasteiger partial charge in [-0.25, -0.2) is 0 Å². The highest BCUT2D eigenvalue weighted by Gasteiger charge is 2.36. The zero-order valence-electron chi connectivity index (χ0n) is 16.1. The fraction of sp³-hybridized carbons (Fsp3) is 0.800. The third-order valence-electron chi connectivity index (χ3n) is 4.87. The minimum atomic E-state index is 0.623. The second-order valence-corrected chi connectivity index (χ2v) is 7.61. The molecular weight excluding hydrogens is 268 g/mol. The molecule has 0 saturated carbocycles. The highest BCUT2D eigenvalue weighted by molar-refractivity contribution is 5.52. The molecule has 1 aliphatic rings. The average molecular weight is 307 g/mol. The minimum Gasteiger partial charge on any atom is -0.319 e. The van der Waals surface area contributed by atoms with Crippen molar-refractivity contribution >= 4 is 0 Å². The summed E-state index contributed by atoms with van der Waals surface area (Å²) in [6, 6.07) is 0. The summed E-state index contributed by atoms with van der Waals surface area (Å²) in [5.74, 6) is 2.60. The Balaban J connectivity index is 3.37. The summed E-state index contributed by atoms with van der Waals surface area (Å²) in [4.78, 5) is 0. The van der Waals surface area contributed by atoms with E-state index in [9.17, 15) is 0 Å². The lowest BCUT2D eigenvalue weighted by atomic mass is 9.78. The molecule has 0 saturated heterocycles. The fourth-order valence-corrected chi connectivity index (χ4v) is 4.11. The van der Waals surface area contributed by atoms with E-state index in [1.807, 2.05) is 0 Å². The van der Waals surface area contributed by atoms with Crippen LogP contribution in [0.25, 0.3) is 0 Å². The van der Waals surface area contributed by atoms with E-state index in [1.54, 1.807) is 22.3 Å². The number of allylic oxidation sites excluding steroid dienone is 2. The number of hydrogen-bond acceptors (Lipinski definition) is 2. The van der Waals surface area contributed by atoms with Crippen LogP contribution in [0, 0.1) is 23.7 Å². The summed E-state index contributed by atoms with van der Waals surface area (Å²) in [6.07, 6.45) is 2.35. The molecule has 0 fully saturated rings. The first-order chi connectivity index (χ1) is 10.4. The molecule has 1 rings (SSSR count). The molecule has 2 nitrogen and oxygen atoms in total. The molecule has 2 N–H and O–H groups in total. The molecule has 1 aliphatic carbocycles. The zero-order chi connectivity index (χ0) is 16.9. The minimum absolute atomic E-state index is 0.623. The molecule has 1 atom stereocenters. The number of hydrogen-bond donors (Lipinski definition) is 2. The average Bonchev–Trinajstić information content (AvgIpc) is 2.77. The van der Waals surface area contributed by atoms with E-state index in [0.717, 1.165) is 13.1 Å². The molecule has 0 aliphatic heterocycles. The Morgan fingerprint density at radius 2 is 1.36 bits per heavy atom. The number of nitrogens with one attached hydrogen (secondary N) is 2. The Bertz CT molecular complexity index is 413. The fourth-order valence-electron chi connectivity index (χ4n) is 4.11.